The average molecular weight is 162 g/mol. The summed E-state index contributed by atoms with van der Waals surface area (Å²) in [4.78, 5) is 17.3. The van der Waals surface area contributed by atoms with Crippen molar-refractivity contribution < 1.29 is 4.79 Å². The van der Waals surface area contributed by atoms with Crippen LogP contribution in [-0.2, 0) is 6.54 Å². The van der Waals surface area contributed by atoms with Gasteiger partial charge in [-0.2, -0.15) is 0 Å². The third-order valence-electron chi connectivity index (χ3n) is 2.16. The molecule has 3 heteroatoms. The Morgan fingerprint density at radius 2 is 2.50 bits per heavy atom. The molecule has 3 nitrogen and oxygen atoms in total. The molecule has 0 radical (unpaired) electrons. The summed E-state index contributed by atoms with van der Waals surface area (Å²) in [6, 6.07) is 1.79. The van der Waals surface area contributed by atoms with Crippen molar-refractivity contribution in [1.82, 2.24) is 9.88 Å². The maximum Gasteiger partial charge on any atom is 0.254 e. The van der Waals surface area contributed by atoms with Gasteiger partial charge in [-0.15, -0.1) is 0 Å². The molecule has 0 saturated heterocycles. The molecule has 2 rings (SSSR count). The molecule has 12 heavy (non-hydrogen) atoms. The lowest BCUT2D eigenvalue weighted by Crippen LogP contribution is -2.22. The first-order chi connectivity index (χ1) is 5.83. The van der Waals surface area contributed by atoms with Gasteiger partial charge < -0.3 is 4.90 Å². The van der Waals surface area contributed by atoms with Crippen molar-refractivity contribution in [2.75, 3.05) is 6.54 Å². The van der Waals surface area contributed by atoms with Gasteiger partial charge in [-0.3, -0.25) is 9.78 Å². The first-order valence-electron chi connectivity index (χ1n) is 4.05. The molecule has 1 aliphatic rings. The van der Waals surface area contributed by atoms with Gasteiger partial charge in [0.25, 0.3) is 5.91 Å². The maximum atomic E-state index is 11.5. The molecule has 0 atom stereocenters. The van der Waals surface area contributed by atoms with Crippen LogP contribution in [0, 0.1) is 0 Å². The first-order valence-corrected chi connectivity index (χ1v) is 4.05. The van der Waals surface area contributed by atoms with E-state index < -0.39 is 0 Å². The number of fused-ring (bicyclic) bond motifs is 1. The van der Waals surface area contributed by atoms with E-state index in [-0.39, 0.29) is 5.91 Å². The second kappa shape index (κ2) is 2.59. The number of nitrogens with zero attached hydrogens (tertiary/aromatic N) is 2. The van der Waals surface area contributed by atoms with Gasteiger partial charge in [-0.25, -0.2) is 0 Å². The van der Waals surface area contributed by atoms with Gasteiger partial charge in [-0.05, 0) is 13.0 Å². The first kappa shape index (κ1) is 7.28. The van der Waals surface area contributed by atoms with Crippen LogP contribution >= 0.6 is 0 Å². The summed E-state index contributed by atoms with van der Waals surface area (Å²) in [6.45, 7) is 3.48. The Balaban J connectivity index is 2.42. The molecular formula is C9H10N2O. The van der Waals surface area contributed by atoms with Crippen LogP contribution in [-0.4, -0.2) is 22.3 Å². The van der Waals surface area contributed by atoms with Crippen molar-refractivity contribution >= 4 is 5.91 Å². The molecular weight excluding hydrogens is 152 g/mol. The molecule has 0 N–H and O–H groups in total. The van der Waals surface area contributed by atoms with Crippen molar-refractivity contribution in [3.05, 3.63) is 29.6 Å². The van der Waals surface area contributed by atoms with Crippen molar-refractivity contribution in [3.8, 4) is 0 Å². The highest BCUT2D eigenvalue weighted by molar-refractivity contribution is 5.98. The second-order valence-electron chi connectivity index (χ2n) is 2.85. The van der Waals surface area contributed by atoms with Crippen LogP contribution in [0.5, 0.6) is 0 Å². The fourth-order valence-corrected chi connectivity index (χ4v) is 1.46. The Hall–Kier alpha value is -1.38. The Bertz CT molecular complexity index is 322. The Labute approximate surface area is 71.0 Å². The smallest absolute Gasteiger partial charge is 0.254 e. The maximum absolute atomic E-state index is 11.5. The van der Waals surface area contributed by atoms with Crippen LogP contribution in [0.4, 0.5) is 0 Å². The minimum Gasteiger partial charge on any atom is -0.335 e. The van der Waals surface area contributed by atoms with E-state index in [0.717, 1.165) is 24.2 Å². The molecule has 1 aromatic rings. The molecule has 0 fully saturated rings. The van der Waals surface area contributed by atoms with E-state index in [1.165, 1.54) is 0 Å². The predicted molar refractivity (Wildman–Crippen MR) is 44.7 cm³/mol. The molecule has 0 bridgehead atoms. The lowest BCUT2D eigenvalue weighted by Gasteiger charge is -2.10. The van der Waals surface area contributed by atoms with Crippen LogP contribution in [0.25, 0.3) is 0 Å². The Kier molecular flexibility index (Phi) is 1.57. The van der Waals surface area contributed by atoms with Gasteiger partial charge in [0.1, 0.15) is 0 Å². The van der Waals surface area contributed by atoms with Crippen LogP contribution in [0.1, 0.15) is 22.8 Å². The number of hydrogen-bond acceptors (Lipinski definition) is 2. The standard InChI is InChI=1S/C9H10N2O/c1-2-11-6-7-5-10-4-3-8(7)9(11)12/h3-5H,2,6H2,1H3. The SMILES string of the molecule is CCN1Cc2cnccc2C1=O. The predicted octanol–water partition coefficient (Wildman–Crippen LogP) is 1.06. The number of carbonyl (C=O) groups is 1. The van der Waals surface area contributed by atoms with Crippen molar-refractivity contribution in [1.29, 1.82) is 0 Å². The highest BCUT2D eigenvalue weighted by Crippen LogP contribution is 2.20. The number of carbonyl (C=O) groups excluding carboxylic acids is 1. The molecule has 1 amide bonds. The fourth-order valence-electron chi connectivity index (χ4n) is 1.46. The summed E-state index contributed by atoms with van der Waals surface area (Å²) in [5.41, 5.74) is 1.86. The van der Waals surface area contributed by atoms with E-state index in [2.05, 4.69) is 4.98 Å². The summed E-state index contributed by atoms with van der Waals surface area (Å²) in [6.07, 6.45) is 3.43. The second-order valence-corrected chi connectivity index (χ2v) is 2.85. The fraction of sp³-hybridized carbons (Fsp3) is 0.333. The summed E-state index contributed by atoms with van der Waals surface area (Å²) in [5.74, 6) is 0.134. The molecule has 62 valence electrons. The zero-order valence-electron chi connectivity index (χ0n) is 6.95. The van der Waals surface area contributed by atoms with Crippen LogP contribution < -0.4 is 0 Å². The summed E-state index contributed by atoms with van der Waals surface area (Å²) >= 11 is 0. The van der Waals surface area contributed by atoms with Gasteiger partial charge in [0.2, 0.25) is 0 Å². The van der Waals surface area contributed by atoms with E-state index in [9.17, 15) is 4.79 Å². The molecule has 2 heterocycles. The Morgan fingerprint density at radius 1 is 1.67 bits per heavy atom. The lowest BCUT2D eigenvalue weighted by molar-refractivity contribution is 0.0787. The van der Waals surface area contributed by atoms with E-state index in [1.54, 1.807) is 18.5 Å². The highest BCUT2D eigenvalue weighted by Gasteiger charge is 2.25. The lowest BCUT2D eigenvalue weighted by atomic mass is 10.2. The zero-order valence-corrected chi connectivity index (χ0v) is 6.95. The van der Waals surface area contributed by atoms with Crippen LogP contribution in [0.3, 0.4) is 0 Å². The van der Waals surface area contributed by atoms with Gasteiger partial charge in [-0.1, -0.05) is 0 Å². The minimum absolute atomic E-state index is 0.134. The third-order valence-corrected chi connectivity index (χ3v) is 2.16. The average Bonchev–Trinajstić information content (AvgIpc) is 2.44. The number of rotatable bonds is 1. The molecule has 1 aliphatic heterocycles. The van der Waals surface area contributed by atoms with E-state index >= 15 is 0 Å². The number of aromatic nitrogens is 1. The highest BCUT2D eigenvalue weighted by atomic mass is 16.2. The molecule has 0 aromatic carbocycles. The molecule has 0 saturated carbocycles. The van der Waals surface area contributed by atoms with Gasteiger partial charge in [0.15, 0.2) is 0 Å². The monoisotopic (exact) mass is 162 g/mol. The van der Waals surface area contributed by atoms with Crippen LogP contribution in [0.2, 0.25) is 0 Å². The van der Waals surface area contributed by atoms with E-state index in [4.69, 9.17) is 0 Å². The number of hydrogen-bond donors (Lipinski definition) is 0. The van der Waals surface area contributed by atoms with Crippen molar-refractivity contribution in [2.45, 2.75) is 13.5 Å². The minimum atomic E-state index is 0.134. The van der Waals surface area contributed by atoms with Crippen LogP contribution in [0.15, 0.2) is 18.5 Å². The molecule has 0 aliphatic carbocycles. The van der Waals surface area contributed by atoms with E-state index in [0.29, 0.717) is 0 Å². The molecule has 1 aromatic heterocycles. The van der Waals surface area contributed by atoms with Gasteiger partial charge in [0.05, 0.1) is 0 Å². The quantitative estimate of drug-likeness (QED) is 0.618. The summed E-state index contributed by atoms with van der Waals surface area (Å²) < 4.78 is 0. The number of pyridine rings is 1. The topological polar surface area (TPSA) is 33.2 Å². The van der Waals surface area contributed by atoms with E-state index in [1.807, 2.05) is 11.8 Å². The summed E-state index contributed by atoms with van der Waals surface area (Å²) in [7, 11) is 0. The third kappa shape index (κ3) is 0.897. The zero-order chi connectivity index (χ0) is 8.55. The number of amides is 1. The van der Waals surface area contributed by atoms with Crippen molar-refractivity contribution in [2.24, 2.45) is 0 Å². The van der Waals surface area contributed by atoms with Gasteiger partial charge >= 0.3 is 0 Å². The van der Waals surface area contributed by atoms with Gasteiger partial charge in [0, 0.05) is 36.6 Å². The summed E-state index contributed by atoms with van der Waals surface area (Å²) in [5, 5.41) is 0. The largest absolute Gasteiger partial charge is 0.335 e. The normalized spacial score (nSPS) is 15.1. The van der Waals surface area contributed by atoms with Crippen molar-refractivity contribution in [3.63, 3.8) is 0 Å². The Morgan fingerprint density at radius 3 is 3.17 bits per heavy atom. The molecule has 0 unspecified atom stereocenters. The molecule has 0 spiro atoms.